The molecule has 0 radical (unpaired) electrons. The van der Waals surface area contributed by atoms with Crippen LogP contribution in [0.5, 0.6) is 0 Å². The maximum atomic E-state index is 15.5. The molecule has 1 fully saturated rings. The Kier molecular flexibility index (Phi) is 8.73. The van der Waals surface area contributed by atoms with Crippen LogP contribution < -0.4 is 10.6 Å². The molecule has 0 unspecified atom stereocenters. The molecule has 4 aromatic rings. The molecule has 5 rings (SSSR count). The third kappa shape index (κ3) is 5.56. The summed E-state index contributed by atoms with van der Waals surface area (Å²) in [6, 6.07) is 8.05. The van der Waals surface area contributed by atoms with Crippen LogP contribution in [0, 0.1) is 5.82 Å². The molecule has 0 bridgehead atoms. The smallest absolute Gasteiger partial charge is 0.352 e. The molecular formula is C34H37BClFN6O2. The summed E-state index contributed by atoms with van der Waals surface area (Å²) < 4.78 is 17.0. The van der Waals surface area contributed by atoms with Crippen LogP contribution in [-0.2, 0) is 11.2 Å². The van der Waals surface area contributed by atoms with E-state index in [1.54, 1.807) is 35.4 Å². The standard InChI is InChI=1S/C34H37BClFN6O2/c1-8-21-12-11-13-25(37)27(21)29-24(36)16-23-31(39-29)42(30-22(9-2)14-15-38-28(30)19(4)5)33(45)40-32(23)43-20(6)17-41(26(44)10-3)18-34(43,7)35/h8,10-16,19-20H,1,3,9,17-18,35H2,2,4-7H3/t20-,34-/m0/s1. The maximum absolute atomic E-state index is 15.5. The van der Waals surface area contributed by atoms with Crippen LogP contribution in [0.2, 0.25) is 5.02 Å². The molecule has 1 saturated heterocycles. The SMILES string of the molecule is B[C@]1(C)CN(C(=O)C=C)C[C@H](C)N1c1nc(=O)n(-c2c(CC)ccnc2C(C)C)c2nc(-c3c(F)cccc3C=C)c(Cl)cc12. The Hall–Kier alpha value is -4.31. The molecule has 45 heavy (non-hydrogen) atoms. The number of carbonyl (C=O) groups is 1. The first kappa shape index (κ1) is 32.1. The number of aromatic nitrogens is 4. The van der Waals surface area contributed by atoms with E-state index in [0.717, 1.165) is 5.56 Å². The van der Waals surface area contributed by atoms with Crippen LogP contribution >= 0.6 is 11.6 Å². The topological polar surface area (TPSA) is 84.2 Å². The van der Waals surface area contributed by atoms with Gasteiger partial charge in [0.05, 0.1) is 27.5 Å². The Bertz CT molecular complexity index is 1910. The fourth-order valence-corrected chi connectivity index (χ4v) is 6.75. The van der Waals surface area contributed by atoms with E-state index in [1.807, 2.05) is 48.5 Å². The number of piperazine rings is 1. The number of aryl methyl sites for hydroxylation is 1. The molecule has 8 nitrogen and oxygen atoms in total. The van der Waals surface area contributed by atoms with E-state index < -0.39 is 16.9 Å². The molecule has 1 aliphatic rings. The van der Waals surface area contributed by atoms with Gasteiger partial charge in [-0.05, 0) is 61.6 Å². The number of hydrogen-bond donors (Lipinski definition) is 0. The van der Waals surface area contributed by atoms with E-state index in [9.17, 15) is 9.59 Å². The second-order valence-electron chi connectivity index (χ2n) is 12.3. The van der Waals surface area contributed by atoms with Gasteiger partial charge in [-0.25, -0.2) is 18.7 Å². The Morgan fingerprint density at radius 3 is 2.62 bits per heavy atom. The van der Waals surface area contributed by atoms with Crippen LogP contribution in [0.25, 0.3) is 34.1 Å². The third-order valence-corrected chi connectivity index (χ3v) is 8.65. The van der Waals surface area contributed by atoms with E-state index in [0.29, 0.717) is 47.7 Å². The fraction of sp³-hybridized carbons (Fsp3) is 0.324. The molecule has 2 atom stereocenters. The van der Waals surface area contributed by atoms with Gasteiger partial charge in [0.1, 0.15) is 19.5 Å². The van der Waals surface area contributed by atoms with Gasteiger partial charge in [-0.15, -0.1) is 0 Å². The average molecular weight is 627 g/mol. The Morgan fingerprint density at radius 1 is 1.27 bits per heavy atom. The minimum absolute atomic E-state index is 0.0201. The highest BCUT2D eigenvalue weighted by Gasteiger charge is 2.41. The quantitative estimate of drug-likeness (QED) is 0.198. The second-order valence-corrected chi connectivity index (χ2v) is 12.7. The number of nitrogens with zero attached hydrogens (tertiary/aromatic N) is 6. The highest BCUT2D eigenvalue weighted by Crippen LogP contribution is 2.39. The summed E-state index contributed by atoms with van der Waals surface area (Å²) in [5, 5.41) is 0.713. The van der Waals surface area contributed by atoms with Gasteiger partial charge in [-0.3, -0.25) is 9.78 Å². The van der Waals surface area contributed by atoms with Crippen molar-refractivity contribution in [1.29, 1.82) is 0 Å². The molecule has 11 heteroatoms. The molecule has 1 aromatic carbocycles. The van der Waals surface area contributed by atoms with Crippen molar-refractivity contribution in [2.75, 3.05) is 18.0 Å². The largest absolute Gasteiger partial charge is 0.355 e. The summed E-state index contributed by atoms with van der Waals surface area (Å²) >= 11 is 6.95. The predicted octanol–water partition coefficient (Wildman–Crippen LogP) is 5.54. The maximum Gasteiger partial charge on any atom is 0.355 e. The van der Waals surface area contributed by atoms with Gasteiger partial charge in [0, 0.05) is 36.3 Å². The van der Waals surface area contributed by atoms with Gasteiger partial charge < -0.3 is 9.80 Å². The van der Waals surface area contributed by atoms with Crippen molar-refractivity contribution in [2.24, 2.45) is 0 Å². The van der Waals surface area contributed by atoms with Crippen molar-refractivity contribution in [2.45, 2.75) is 58.4 Å². The molecule has 4 heterocycles. The van der Waals surface area contributed by atoms with E-state index in [2.05, 4.69) is 23.0 Å². The van der Waals surface area contributed by atoms with Gasteiger partial charge in [0.2, 0.25) is 5.91 Å². The van der Waals surface area contributed by atoms with Crippen molar-refractivity contribution < 1.29 is 9.18 Å². The first-order chi connectivity index (χ1) is 21.3. The van der Waals surface area contributed by atoms with Gasteiger partial charge in [0.15, 0.2) is 5.65 Å². The van der Waals surface area contributed by atoms with Crippen LogP contribution in [0.1, 0.15) is 57.4 Å². The fourth-order valence-electron chi connectivity index (χ4n) is 6.50. The van der Waals surface area contributed by atoms with E-state index in [4.69, 9.17) is 21.6 Å². The highest BCUT2D eigenvalue weighted by atomic mass is 35.5. The van der Waals surface area contributed by atoms with Crippen molar-refractivity contribution in [3.63, 3.8) is 0 Å². The molecular weight excluding hydrogens is 590 g/mol. The minimum atomic E-state index is -0.631. The van der Waals surface area contributed by atoms with E-state index >= 15 is 4.39 Å². The number of fused-ring (bicyclic) bond motifs is 1. The Balaban J connectivity index is 1.91. The first-order valence-electron chi connectivity index (χ1n) is 15.1. The summed E-state index contributed by atoms with van der Waals surface area (Å²) in [6.07, 6.45) is 5.23. The summed E-state index contributed by atoms with van der Waals surface area (Å²) in [5.41, 5.74) is 2.21. The lowest BCUT2D eigenvalue weighted by molar-refractivity contribution is -0.127. The van der Waals surface area contributed by atoms with Crippen LogP contribution in [0.15, 0.2) is 60.6 Å². The summed E-state index contributed by atoms with van der Waals surface area (Å²) in [7, 11) is 2.00. The normalized spacial score (nSPS) is 18.4. The number of rotatable bonds is 7. The van der Waals surface area contributed by atoms with Gasteiger partial charge >= 0.3 is 5.69 Å². The second kappa shape index (κ2) is 12.2. The van der Waals surface area contributed by atoms with Crippen molar-refractivity contribution >= 4 is 48.3 Å². The summed E-state index contributed by atoms with van der Waals surface area (Å²) in [6.45, 7) is 18.3. The lowest BCUT2D eigenvalue weighted by Gasteiger charge is -2.52. The zero-order valence-electron chi connectivity index (χ0n) is 26.6. The van der Waals surface area contributed by atoms with E-state index in [-0.39, 0.29) is 39.8 Å². The van der Waals surface area contributed by atoms with Crippen LogP contribution in [-0.4, -0.2) is 62.7 Å². The van der Waals surface area contributed by atoms with Gasteiger partial charge in [0.25, 0.3) is 0 Å². The predicted molar refractivity (Wildman–Crippen MR) is 183 cm³/mol. The Morgan fingerprint density at radius 2 is 2.00 bits per heavy atom. The third-order valence-electron chi connectivity index (χ3n) is 8.36. The van der Waals surface area contributed by atoms with E-state index in [1.165, 1.54) is 16.7 Å². The van der Waals surface area contributed by atoms with Crippen LogP contribution in [0.4, 0.5) is 10.2 Å². The monoisotopic (exact) mass is 626 g/mol. The minimum Gasteiger partial charge on any atom is -0.352 e. The zero-order valence-corrected chi connectivity index (χ0v) is 27.3. The first-order valence-corrected chi connectivity index (χ1v) is 15.5. The number of carbonyl (C=O) groups excluding carboxylic acids is 1. The van der Waals surface area contributed by atoms with Crippen molar-refractivity contribution in [3.8, 4) is 16.9 Å². The van der Waals surface area contributed by atoms with Crippen molar-refractivity contribution in [1.82, 2.24) is 24.4 Å². The molecule has 0 aliphatic carbocycles. The van der Waals surface area contributed by atoms with Crippen LogP contribution in [0.3, 0.4) is 0 Å². The molecule has 232 valence electrons. The Labute approximate surface area is 268 Å². The zero-order chi connectivity index (χ0) is 32.8. The molecule has 0 N–H and O–H groups in total. The summed E-state index contributed by atoms with van der Waals surface area (Å²) in [4.78, 5) is 45.1. The summed E-state index contributed by atoms with van der Waals surface area (Å²) in [5.74, 6) is -0.306. The molecule has 1 amide bonds. The lowest BCUT2D eigenvalue weighted by Crippen LogP contribution is -2.66. The van der Waals surface area contributed by atoms with Gasteiger partial charge in [-0.1, -0.05) is 63.7 Å². The molecule has 1 aliphatic heterocycles. The van der Waals surface area contributed by atoms with Crippen molar-refractivity contribution in [3.05, 3.63) is 93.9 Å². The number of halogens is 2. The molecule has 3 aromatic heterocycles. The highest BCUT2D eigenvalue weighted by molar-refractivity contribution is 6.34. The number of benzene rings is 1. The number of amides is 1. The molecule has 0 spiro atoms. The average Bonchev–Trinajstić information content (AvgIpc) is 2.99. The molecule has 0 saturated carbocycles. The lowest BCUT2D eigenvalue weighted by atomic mass is 9.74. The number of pyridine rings is 2. The van der Waals surface area contributed by atoms with Gasteiger partial charge in [-0.2, -0.15) is 4.98 Å². The number of hydrogen-bond acceptors (Lipinski definition) is 6. The number of anilines is 1.